The third-order valence-electron chi connectivity index (χ3n) is 2.31. The van der Waals surface area contributed by atoms with Crippen LogP contribution in [-0.2, 0) is 0 Å². The second-order valence-electron chi connectivity index (χ2n) is 3.83. The first-order chi connectivity index (χ1) is 7.65. The van der Waals surface area contributed by atoms with E-state index in [0.717, 1.165) is 11.1 Å². The molecule has 0 aromatic heterocycles. The molecule has 3 heteroatoms. The Labute approximate surface area is 96.3 Å². The highest BCUT2D eigenvalue weighted by atomic mass is 16.5. The van der Waals surface area contributed by atoms with Crippen LogP contribution in [0, 0.1) is 18.3 Å². The number of rotatable bonds is 5. The minimum absolute atomic E-state index is 0.496. The van der Waals surface area contributed by atoms with Gasteiger partial charge in [-0.25, -0.2) is 0 Å². The highest BCUT2D eigenvalue weighted by Crippen LogP contribution is 2.26. The molecule has 0 heterocycles. The van der Waals surface area contributed by atoms with Gasteiger partial charge in [-0.05, 0) is 31.9 Å². The normalized spacial score (nSPS) is 11.9. The van der Waals surface area contributed by atoms with Gasteiger partial charge in [0.25, 0.3) is 0 Å². The molecular weight excluding hydrogens is 202 g/mol. The van der Waals surface area contributed by atoms with Crippen molar-refractivity contribution < 1.29 is 9.84 Å². The molecule has 1 aromatic rings. The monoisotopic (exact) mass is 219 g/mol. The van der Waals surface area contributed by atoms with Crippen LogP contribution in [0.2, 0.25) is 0 Å². The van der Waals surface area contributed by atoms with Crippen molar-refractivity contribution in [3.63, 3.8) is 0 Å². The zero-order valence-corrected chi connectivity index (χ0v) is 9.73. The summed E-state index contributed by atoms with van der Waals surface area (Å²) in [7, 11) is 0. The Kier molecular flexibility index (Phi) is 4.81. The van der Waals surface area contributed by atoms with E-state index in [1.54, 1.807) is 6.92 Å². The van der Waals surface area contributed by atoms with E-state index < -0.39 is 6.10 Å². The number of aryl methyl sites for hydroxylation is 1. The number of aliphatic hydroxyl groups is 1. The number of ether oxygens (including phenoxy) is 1. The molecule has 1 rings (SSSR count). The van der Waals surface area contributed by atoms with Gasteiger partial charge in [-0.2, -0.15) is 5.26 Å². The molecule has 86 valence electrons. The van der Waals surface area contributed by atoms with Crippen molar-refractivity contribution in [2.24, 2.45) is 0 Å². The second-order valence-corrected chi connectivity index (χ2v) is 3.83. The Bertz CT molecular complexity index is 380. The third-order valence-corrected chi connectivity index (χ3v) is 2.31. The van der Waals surface area contributed by atoms with Gasteiger partial charge < -0.3 is 9.84 Å². The molecule has 0 spiro atoms. The summed E-state index contributed by atoms with van der Waals surface area (Å²) >= 11 is 0. The van der Waals surface area contributed by atoms with Gasteiger partial charge in [0.2, 0.25) is 0 Å². The molecule has 0 saturated heterocycles. The van der Waals surface area contributed by atoms with E-state index in [2.05, 4.69) is 6.07 Å². The molecule has 3 nitrogen and oxygen atoms in total. The summed E-state index contributed by atoms with van der Waals surface area (Å²) in [4.78, 5) is 0. The van der Waals surface area contributed by atoms with Gasteiger partial charge in [0.1, 0.15) is 5.75 Å². The standard InChI is InChI=1S/C13H17NO2/c1-10-5-6-12(11(2)15)13(9-10)16-8-4-3-7-14/h5-6,9,11,15H,3-4,8H2,1-2H3/t11-/m0/s1. The van der Waals surface area contributed by atoms with Crippen molar-refractivity contribution in [2.45, 2.75) is 32.8 Å². The van der Waals surface area contributed by atoms with Gasteiger partial charge in [0.05, 0.1) is 18.8 Å². The van der Waals surface area contributed by atoms with Crippen molar-refractivity contribution in [1.29, 1.82) is 5.26 Å². The lowest BCUT2D eigenvalue weighted by atomic mass is 10.1. The predicted octanol–water partition coefficient (Wildman–Crippen LogP) is 2.73. The molecule has 0 aliphatic heterocycles. The second kappa shape index (κ2) is 6.14. The van der Waals surface area contributed by atoms with Crippen LogP contribution in [0.3, 0.4) is 0 Å². The van der Waals surface area contributed by atoms with E-state index in [1.807, 2.05) is 25.1 Å². The molecule has 0 aliphatic rings. The maximum Gasteiger partial charge on any atom is 0.125 e. The summed E-state index contributed by atoms with van der Waals surface area (Å²) in [5, 5.41) is 18.0. The highest BCUT2D eigenvalue weighted by Gasteiger charge is 2.08. The van der Waals surface area contributed by atoms with Gasteiger partial charge in [-0.15, -0.1) is 0 Å². The lowest BCUT2D eigenvalue weighted by molar-refractivity contribution is 0.191. The zero-order chi connectivity index (χ0) is 12.0. The van der Waals surface area contributed by atoms with Crippen LogP contribution < -0.4 is 4.74 Å². The number of benzene rings is 1. The SMILES string of the molecule is Cc1ccc([C@H](C)O)c(OCCCC#N)c1. The minimum atomic E-state index is -0.536. The molecular formula is C13H17NO2. The Morgan fingerprint density at radius 2 is 2.25 bits per heavy atom. The summed E-state index contributed by atoms with van der Waals surface area (Å²) in [5.74, 6) is 0.716. The first-order valence-electron chi connectivity index (χ1n) is 5.43. The van der Waals surface area contributed by atoms with Crippen molar-refractivity contribution in [3.8, 4) is 11.8 Å². The van der Waals surface area contributed by atoms with Crippen LogP contribution in [0.15, 0.2) is 18.2 Å². The summed E-state index contributed by atoms with van der Waals surface area (Å²) in [5.41, 5.74) is 1.89. The first kappa shape index (κ1) is 12.5. The van der Waals surface area contributed by atoms with Gasteiger partial charge in [0, 0.05) is 12.0 Å². The van der Waals surface area contributed by atoms with Crippen LogP contribution in [0.25, 0.3) is 0 Å². The molecule has 0 bridgehead atoms. The molecule has 0 aliphatic carbocycles. The fraction of sp³-hybridized carbons (Fsp3) is 0.462. The fourth-order valence-electron chi connectivity index (χ4n) is 1.45. The lowest BCUT2D eigenvalue weighted by Gasteiger charge is -2.13. The first-order valence-corrected chi connectivity index (χ1v) is 5.43. The van der Waals surface area contributed by atoms with Crippen molar-refractivity contribution in [2.75, 3.05) is 6.61 Å². The number of nitriles is 1. The molecule has 0 saturated carbocycles. The summed E-state index contributed by atoms with van der Waals surface area (Å²) < 4.78 is 5.57. The summed E-state index contributed by atoms with van der Waals surface area (Å²) in [6, 6.07) is 7.81. The average molecular weight is 219 g/mol. The highest BCUT2D eigenvalue weighted by molar-refractivity contribution is 5.38. The Balaban J connectivity index is 2.69. The van der Waals surface area contributed by atoms with E-state index in [0.29, 0.717) is 25.2 Å². The average Bonchev–Trinajstić information content (AvgIpc) is 2.24. The topological polar surface area (TPSA) is 53.2 Å². The van der Waals surface area contributed by atoms with Gasteiger partial charge in [-0.1, -0.05) is 12.1 Å². The summed E-state index contributed by atoms with van der Waals surface area (Å²) in [6.07, 6.45) is 0.672. The Morgan fingerprint density at radius 1 is 1.50 bits per heavy atom. The van der Waals surface area contributed by atoms with E-state index >= 15 is 0 Å². The van der Waals surface area contributed by atoms with Crippen molar-refractivity contribution in [1.82, 2.24) is 0 Å². The Hall–Kier alpha value is -1.53. The van der Waals surface area contributed by atoms with Gasteiger partial charge in [-0.3, -0.25) is 0 Å². The van der Waals surface area contributed by atoms with Crippen molar-refractivity contribution in [3.05, 3.63) is 29.3 Å². The maximum atomic E-state index is 9.57. The van der Waals surface area contributed by atoms with Gasteiger partial charge in [0.15, 0.2) is 0 Å². The van der Waals surface area contributed by atoms with Crippen LogP contribution in [0.1, 0.15) is 37.0 Å². The molecule has 16 heavy (non-hydrogen) atoms. The number of unbranched alkanes of at least 4 members (excludes halogenated alkanes) is 1. The molecule has 0 radical (unpaired) electrons. The summed E-state index contributed by atoms with van der Waals surface area (Å²) in [6.45, 7) is 4.21. The van der Waals surface area contributed by atoms with E-state index in [1.165, 1.54) is 0 Å². The maximum absolute atomic E-state index is 9.57. The lowest BCUT2D eigenvalue weighted by Crippen LogP contribution is -2.02. The molecule has 1 atom stereocenters. The largest absolute Gasteiger partial charge is 0.493 e. The van der Waals surface area contributed by atoms with E-state index in [9.17, 15) is 5.11 Å². The van der Waals surface area contributed by atoms with Crippen molar-refractivity contribution >= 4 is 0 Å². The molecule has 1 N–H and O–H groups in total. The molecule has 1 aromatic carbocycles. The van der Waals surface area contributed by atoms with E-state index in [-0.39, 0.29) is 0 Å². The van der Waals surface area contributed by atoms with Crippen LogP contribution >= 0.6 is 0 Å². The number of aliphatic hydroxyl groups excluding tert-OH is 1. The zero-order valence-electron chi connectivity index (χ0n) is 9.73. The molecule has 0 amide bonds. The van der Waals surface area contributed by atoms with Crippen LogP contribution in [-0.4, -0.2) is 11.7 Å². The third kappa shape index (κ3) is 3.56. The van der Waals surface area contributed by atoms with Gasteiger partial charge >= 0.3 is 0 Å². The number of nitrogens with zero attached hydrogens (tertiary/aromatic N) is 1. The minimum Gasteiger partial charge on any atom is -0.493 e. The number of hydrogen-bond acceptors (Lipinski definition) is 3. The molecule has 0 fully saturated rings. The molecule has 0 unspecified atom stereocenters. The van der Waals surface area contributed by atoms with Crippen LogP contribution in [0.5, 0.6) is 5.75 Å². The smallest absolute Gasteiger partial charge is 0.125 e. The Morgan fingerprint density at radius 3 is 2.88 bits per heavy atom. The number of hydrogen-bond donors (Lipinski definition) is 1. The van der Waals surface area contributed by atoms with Crippen LogP contribution in [0.4, 0.5) is 0 Å². The van der Waals surface area contributed by atoms with E-state index in [4.69, 9.17) is 10.00 Å². The predicted molar refractivity (Wildman–Crippen MR) is 62.2 cm³/mol. The fourth-order valence-corrected chi connectivity index (χ4v) is 1.45. The quantitative estimate of drug-likeness (QED) is 0.775.